The molecule has 2 aliphatic rings. The first-order chi connectivity index (χ1) is 15.9. The molecule has 9 nitrogen and oxygen atoms in total. The molecule has 0 aromatic carbocycles. The van der Waals surface area contributed by atoms with Crippen LogP contribution in [0.25, 0.3) is 0 Å². The number of carbonyl (C=O) groups is 3. The molecule has 1 aliphatic carbocycles. The number of carbonyl (C=O) groups excluding carboxylic acids is 3. The summed E-state index contributed by atoms with van der Waals surface area (Å²) in [7, 11) is 0. The molecule has 1 aliphatic heterocycles. The Labute approximate surface area is 201 Å². The predicted octanol–water partition coefficient (Wildman–Crippen LogP) is 3.85. The number of ether oxygens (including phenoxy) is 1. The highest BCUT2D eigenvalue weighted by molar-refractivity contribution is 6.39. The minimum absolute atomic E-state index is 0.0298. The minimum atomic E-state index is -0.691. The number of rotatable bonds is 3. The van der Waals surface area contributed by atoms with Crippen LogP contribution in [0.15, 0.2) is 12.3 Å². The maximum absolute atomic E-state index is 13.2. The van der Waals surface area contributed by atoms with Crippen molar-refractivity contribution >= 4 is 29.4 Å². The highest BCUT2D eigenvalue weighted by Gasteiger charge is 2.38. The number of anilines is 2. The summed E-state index contributed by atoms with van der Waals surface area (Å²) in [5.41, 5.74) is 0.377. The van der Waals surface area contributed by atoms with Gasteiger partial charge in [-0.2, -0.15) is 0 Å². The summed E-state index contributed by atoms with van der Waals surface area (Å²) in [6.45, 7) is 9.72. The van der Waals surface area contributed by atoms with E-state index in [0.29, 0.717) is 35.4 Å². The Morgan fingerprint density at radius 1 is 1.09 bits per heavy atom. The number of likely N-dealkylation sites (tertiary alicyclic amines) is 1. The predicted molar refractivity (Wildman–Crippen MR) is 129 cm³/mol. The minimum Gasteiger partial charge on any atom is -0.444 e. The fourth-order valence-corrected chi connectivity index (χ4v) is 4.87. The summed E-state index contributed by atoms with van der Waals surface area (Å²) in [6.07, 6.45) is 5.70. The molecule has 1 aromatic rings. The highest BCUT2D eigenvalue weighted by Crippen LogP contribution is 2.35. The lowest BCUT2D eigenvalue weighted by Crippen LogP contribution is -2.53. The molecule has 34 heavy (non-hydrogen) atoms. The summed E-state index contributed by atoms with van der Waals surface area (Å²) < 4.78 is 5.24. The number of piperidine rings is 1. The van der Waals surface area contributed by atoms with Gasteiger partial charge in [0.25, 0.3) is 0 Å². The second-order valence-corrected chi connectivity index (χ2v) is 10.7. The van der Waals surface area contributed by atoms with Gasteiger partial charge in [-0.25, -0.2) is 9.78 Å². The summed E-state index contributed by atoms with van der Waals surface area (Å²) in [5, 5.41) is 15.1. The normalized spacial score (nSPS) is 25.4. The van der Waals surface area contributed by atoms with Gasteiger partial charge < -0.3 is 20.1 Å². The fourth-order valence-electron chi connectivity index (χ4n) is 4.87. The molecule has 2 atom stereocenters. The first-order valence-electron chi connectivity index (χ1n) is 12.2. The molecular weight excluding hydrogens is 436 g/mol. The quantitative estimate of drug-likeness (QED) is 0.572. The Balaban J connectivity index is 1.64. The van der Waals surface area contributed by atoms with Gasteiger partial charge in [0.05, 0.1) is 18.0 Å². The molecule has 1 aromatic heterocycles. The van der Waals surface area contributed by atoms with E-state index >= 15 is 0 Å². The molecule has 2 heterocycles. The zero-order valence-corrected chi connectivity index (χ0v) is 20.9. The molecule has 1 saturated carbocycles. The van der Waals surface area contributed by atoms with E-state index in [1.165, 1.54) is 6.20 Å². The first-order valence-corrected chi connectivity index (χ1v) is 12.2. The van der Waals surface area contributed by atoms with Crippen molar-refractivity contribution in [2.75, 3.05) is 17.2 Å². The van der Waals surface area contributed by atoms with Crippen LogP contribution in [-0.2, 0) is 14.3 Å². The van der Waals surface area contributed by atoms with Gasteiger partial charge in [0.15, 0.2) is 0 Å². The molecule has 0 bridgehead atoms. The van der Waals surface area contributed by atoms with Crippen molar-refractivity contribution in [2.24, 2.45) is 11.8 Å². The molecule has 0 radical (unpaired) electrons. The second kappa shape index (κ2) is 10.7. The summed E-state index contributed by atoms with van der Waals surface area (Å²) in [5.74, 6) is -0.248. The van der Waals surface area contributed by atoms with Crippen LogP contribution in [0.5, 0.6) is 0 Å². The molecule has 0 unspecified atom stereocenters. The monoisotopic (exact) mass is 474 g/mol. The Bertz CT molecular complexity index is 905. The third-order valence-electron chi connectivity index (χ3n) is 6.56. The van der Waals surface area contributed by atoms with E-state index < -0.39 is 23.5 Å². The molecule has 1 saturated heterocycles. The number of nitrogens with one attached hydrogen (secondary N) is 2. The number of aryl methyl sites for hydroxylation is 1. The van der Waals surface area contributed by atoms with E-state index in [9.17, 15) is 19.5 Å². The van der Waals surface area contributed by atoms with Gasteiger partial charge in [-0.3, -0.25) is 14.9 Å². The van der Waals surface area contributed by atoms with Crippen LogP contribution in [0.2, 0.25) is 0 Å². The van der Waals surface area contributed by atoms with Gasteiger partial charge in [0.1, 0.15) is 11.4 Å². The van der Waals surface area contributed by atoms with Crippen LogP contribution in [-0.4, -0.2) is 57.2 Å². The van der Waals surface area contributed by atoms with E-state index in [1.807, 2.05) is 0 Å². The van der Waals surface area contributed by atoms with E-state index in [1.54, 1.807) is 38.7 Å². The van der Waals surface area contributed by atoms with Crippen LogP contribution in [0.3, 0.4) is 0 Å². The van der Waals surface area contributed by atoms with Crippen molar-refractivity contribution in [2.45, 2.75) is 90.9 Å². The number of nitrogens with zero attached hydrogens (tertiary/aromatic N) is 2. The average molecular weight is 475 g/mol. The van der Waals surface area contributed by atoms with Crippen LogP contribution < -0.4 is 10.6 Å². The van der Waals surface area contributed by atoms with Crippen molar-refractivity contribution < 1.29 is 24.2 Å². The van der Waals surface area contributed by atoms with E-state index in [-0.39, 0.29) is 12.1 Å². The molecule has 3 N–H and O–H groups in total. The molecule has 188 valence electrons. The Kier molecular flexibility index (Phi) is 8.17. The smallest absolute Gasteiger partial charge is 0.413 e. The molecule has 3 amide bonds. The van der Waals surface area contributed by atoms with Crippen molar-refractivity contribution in [3.63, 3.8) is 0 Å². The molecule has 3 rings (SSSR count). The van der Waals surface area contributed by atoms with Crippen molar-refractivity contribution in [1.82, 2.24) is 9.88 Å². The largest absolute Gasteiger partial charge is 0.444 e. The number of amides is 3. The number of aromatic nitrogens is 1. The van der Waals surface area contributed by atoms with E-state index in [0.717, 1.165) is 38.5 Å². The topological polar surface area (TPSA) is 121 Å². The van der Waals surface area contributed by atoms with E-state index in [4.69, 9.17) is 4.74 Å². The molecule has 9 heteroatoms. The lowest BCUT2D eigenvalue weighted by molar-refractivity contribution is -0.148. The van der Waals surface area contributed by atoms with Crippen molar-refractivity contribution in [3.8, 4) is 0 Å². The Morgan fingerprint density at radius 3 is 2.38 bits per heavy atom. The summed E-state index contributed by atoms with van der Waals surface area (Å²) in [4.78, 5) is 44.0. The third-order valence-corrected chi connectivity index (χ3v) is 6.56. The maximum atomic E-state index is 13.2. The van der Waals surface area contributed by atoms with Gasteiger partial charge in [-0.05, 0) is 89.7 Å². The molecule has 2 fully saturated rings. The van der Waals surface area contributed by atoms with Crippen molar-refractivity contribution in [3.05, 3.63) is 17.8 Å². The molecular formula is C25H38N4O5. The zero-order chi connectivity index (χ0) is 25.0. The number of pyridine rings is 1. The van der Waals surface area contributed by atoms with E-state index in [2.05, 4.69) is 22.5 Å². The highest BCUT2D eigenvalue weighted by atomic mass is 16.6. The van der Waals surface area contributed by atoms with Gasteiger partial charge in [0, 0.05) is 12.6 Å². The SMILES string of the molecule is Cc1cc(NC(=O)C(=O)N2C[C@@H](C)CC[C@@H]2C2CCC(O)CC2)cnc1NC(=O)OC(C)(C)C. The number of hydrogen-bond acceptors (Lipinski definition) is 6. The van der Waals surface area contributed by atoms with Gasteiger partial charge >= 0.3 is 17.9 Å². The number of aliphatic hydroxyl groups excluding tert-OH is 1. The van der Waals surface area contributed by atoms with Crippen LogP contribution >= 0.6 is 0 Å². The van der Waals surface area contributed by atoms with Crippen LogP contribution in [0.1, 0.15) is 71.8 Å². The maximum Gasteiger partial charge on any atom is 0.413 e. The Morgan fingerprint density at radius 2 is 1.76 bits per heavy atom. The zero-order valence-electron chi connectivity index (χ0n) is 20.9. The van der Waals surface area contributed by atoms with Gasteiger partial charge in [-0.15, -0.1) is 0 Å². The van der Waals surface area contributed by atoms with Crippen LogP contribution in [0.4, 0.5) is 16.3 Å². The Hall–Kier alpha value is -2.68. The summed E-state index contributed by atoms with van der Waals surface area (Å²) >= 11 is 0. The lowest BCUT2D eigenvalue weighted by Gasteiger charge is -2.44. The number of aliphatic hydroxyl groups is 1. The second-order valence-electron chi connectivity index (χ2n) is 10.7. The van der Waals surface area contributed by atoms with Gasteiger partial charge in [0.2, 0.25) is 0 Å². The number of hydrogen-bond donors (Lipinski definition) is 3. The molecule has 0 spiro atoms. The first kappa shape index (κ1) is 25.9. The van der Waals surface area contributed by atoms with Crippen molar-refractivity contribution in [1.29, 1.82) is 0 Å². The fraction of sp³-hybridized carbons (Fsp3) is 0.680. The standard InChI is InChI=1S/C25H38N4O5/c1-15-6-11-20(17-7-9-19(30)10-8-17)29(14-15)23(32)22(31)27-18-12-16(2)21(26-13-18)28-24(33)34-25(3,4)5/h12-13,15,17,19-20,30H,6-11,14H2,1-5H3,(H,27,31)(H,26,28,33)/t15-,17?,19?,20+/m0/s1. The lowest BCUT2D eigenvalue weighted by atomic mass is 9.77. The average Bonchev–Trinajstić information content (AvgIpc) is 2.74. The van der Waals surface area contributed by atoms with Gasteiger partial charge in [-0.1, -0.05) is 6.92 Å². The van der Waals surface area contributed by atoms with Crippen LogP contribution in [0, 0.1) is 18.8 Å². The third kappa shape index (κ3) is 6.91. The summed E-state index contributed by atoms with van der Waals surface area (Å²) in [6, 6.07) is 1.69.